The van der Waals surface area contributed by atoms with Crippen LogP contribution in [0, 0.1) is 17.0 Å². The fourth-order valence-corrected chi connectivity index (χ4v) is 3.62. The van der Waals surface area contributed by atoms with Crippen LogP contribution in [-0.4, -0.2) is 41.9 Å². The van der Waals surface area contributed by atoms with Gasteiger partial charge in [-0.15, -0.1) is 0 Å². The summed E-state index contributed by atoms with van der Waals surface area (Å²) in [6, 6.07) is 10.0. The van der Waals surface area contributed by atoms with Gasteiger partial charge in [0.15, 0.2) is 0 Å². The van der Waals surface area contributed by atoms with E-state index in [4.69, 9.17) is 5.11 Å². The number of hydrogen-bond acceptors (Lipinski definition) is 6. The van der Waals surface area contributed by atoms with E-state index in [1.807, 2.05) is 4.72 Å². The van der Waals surface area contributed by atoms with Gasteiger partial charge in [-0.1, -0.05) is 30.3 Å². The predicted octanol–water partition coefficient (Wildman–Crippen LogP) is 1.89. The van der Waals surface area contributed by atoms with E-state index in [-0.39, 0.29) is 17.1 Å². The first-order valence-electron chi connectivity index (χ1n) is 7.92. The fraction of sp³-hybridized carbons (Fsp3) is 0.176. The maximum absolute atomic E-state index is 12.4. The van der Waals surface area contributed by atoms with Crippen molar-refractivity contribution in [3.8, 4) is 0 Å². The van der Waals surface area contributed by atoms with Crippen LogP contribution in [0.5, 0.6) is 0 Å². The van der Waals surface area contributed by atoms with Crippen LogP contribution in [0.1, 0.15) is 11.1 Å². The standard InChI is InChI=1S/C17H17N3O7S/c1-12-4-2-3-5-15(12)28(26,27)18-17(23)19(11-16(21)22)10-13-6-8-14(9-7-13)20(24)25/h2-9H,10-11H2,1H3,(H,18,23)(H,21,22). The fourth-order valence-electron chi connectivity index (χ4n) is 2.40. The van der Waals surface area contributed by atoms with Gasteiger partial charge in [0.1, 0.15) is 6.54 Å². The second kappa shape index (κ2) is 8.48. The number of carboxylic acid groups (broad SMARTS) is 1. The second-order valence-corrected chi connectivity index (χ2v) is 7.50. The van der Waals surface area contributed by atoms with Gasteiger partial charge in [0.05, 0.1) is 9.82 Å². The molecule has 0 aromatic heterocycles. The van der Waals surface area contributed by atoms with Crippen molar-refractivity contribution >= 4 is 27.7 Å². The van der Waals surface area contributed by atoms with Crippen molar-refractivity contribution in [1.29, 1.82) is 0 Å². The molecule has 28 heavy (non-hydrogen) atoms. The third-order valence-corrected chi connectivity index (χ3v) is 5.22. The molecule has 0 atom stereocenters. The van der Waals surface area contributed by atoms with Crippen LogP contribution in [0.2, 0.25) is 0 Å². The molecule has 0 saturated heterocycles. The Morgan fingerprint density at radius 3 is 2.29 bits per heavy atom. The lowest BCUT2D eigenvalue weighted by Gasteiger charge is -2.21. The van der Waals surface area contributed by atoms with E-state index in [9.17, 15) is 28.1 Å². The number of nitrogens with one attached hydrogen (secondary N) is 1. The van der Waals surface area contributed by atoms with Gasteiger partial charge >= 0.3 is 12.0 Å². The van der Waals surface area contributed by atoms with Gasteiger partial charge < -0.3 is 10.0 Å². The molecule has 11 heteroatoms. The highest BCUT2D eigenvalue weighted by Gasteiger charge is 2.25. The number of aryl methyl sites for hydroxylation is 1. The van der Waals surface area contributed by atoms with E-state index in [0.717, 1.165) is 4.90 Å². The van der Waals surface area contributed by atoms with E-state index in [2.05, 4.69) is 0 Å². The monoisotopic (exact) mass is 407 g/mol. The smallest absolute Gasteiger partial charge is 0.332 e. The quantitative estimate of drug-likeness (QED) is 0.526. The summed E-state index contributed by atoms with van der Waals surface area (Å²) in [6.07, 6.45) is 0. The van der Waals surface area contributed by atoms with Crippen LogP contribution < -0.4 is 4.72 Å². The van der Waals surface area contributed by atoms with Crippen LogP contribution >= 0.6 is 0 Å². The number of aliphatic carboxylic acids is 1. The third-order valence-electron chi connectivity index (χ3n) is 3.74. The van der Waals surface area contributed by atoms with E-state index in [1.165, 1.54) is 36.4 Å². The molecular formula is C17H17N3O7S. The number of sulfonamides is 1. The van der Waals surface area contributed by atoms with Crippen molar-refractivity contribution in [2.45, 2.75) is 18.4 Å². The molecule has 148 valence electrons. The molecule has 0 aliphatic carbocycles. The van der Waals surface area contributed by atoms with E-state index in [0.29, 0.717) is 11.1 Å². The number of amides is 2. The minimum atomic E-state index is -4.20. The summed E-state index contributed by atoms with van der Waals surface area (Å²) >= 11 is 0. The second-order valence-electron chi connectivity index (χ2n) is 5.85. The SMILES string of the molecule is Cc1ccccc1S(=O)(=O)NC(=O)N(CC(=O)O)Cc1ccc([N+](=O)[O-])cc1. The van der Waals surface area contributed by atoms with Crippen LogP contribution in [0.3, 0.4) is 0 Å². The molecule has 0 fully saturated rings. The molecule has 2 aromatic carbocycles. The van der Waals surface area contributed by atoms with Gasteiger partial charge in [-0.3, -0.25) is 14.9 Å². The lowest BCUT2D eigenvalue weighted by molar-refractivity contribution is -0.384. The van der Waals surface area contributed by atoms with Gasteiger partial charge in [0.25, 0.3) is 15.7 Å². The van der Waals surface area contributed by atoms with E-state index in [1.54, 1.807) is 19.1 Å². The summed E-state index contributed by atoms with van der Waals surface area (Å²) in [6.45, 7) is 0.552. The van der Waals surface area contributed by atoms with E-state index >= 15 is 0 Å². The minimum Gasteiger partial charge on any atom is -0.480 e. The summed E-state index contributed by atoms with van der Waals surface area (Å²) in [5, 5.41) is 19.7. The Hall–Kier alpha value is -3.47. The van der Waals surface area contributed by atoms with Crippen LogP contribution in [0.25, 0.3) is 0 Å². The van der Waals surface area contributed by atoms with Crippen LogP contribution in [-0.2, 0) is 21.4 Å². The maximum atomic E-state index is 12.4. The summed E-state index contributed by atoms with van der Waals surface area (Å²) in [4.78, 5) is 34.3. The molecule has 2 aromatic rings. The molecule has 10 nitrogen and oxygen atoms in total. The Balaban J connectivity index is 2.22. The highest BCUT2D eigenvalue weighted by atomic mass is 32.2. The average molecular weight is 407 g/mol. The van der Waals surface area contributed by atoms with E-state index < -0.39 is 33.5 Å². The molecule has 0 bridgehead atoms. The molecular weight excluding hydrogens is 390 g/mol. The Morgan fingerprint density at radius 2 is 1.75 bits per heavy atom. The number of rotatable bonds is 7. The maximum Gasteiger partial charge on any atom is 0.332 e. The number of carbonyl (C=O) groups excluding carboxylic acids is 1. The van der Waals surface area contributed by atoms with Crippen molar-refractivity contribution in [1.82, 2.24) is 9.62 Å². The van der Waals surface area contributed by atoms with Crippen molar-refractivity contribution in [2.75, 3.05) is 6.54 Å². The first-order valence-corrected chi connectivity index (χ1v) is 9.41. The zero-order chi connectivity index (χ0) is 20.9. The Kier molecular flexibility index (Phi) is 6.31. The van der Waals surface area contributed by atoms with Gasteiger partial charge in [0.2, 0.25) is 0 Å². The largest absolute Gasteiger partial charge is 0.480 e. The molecule has 0 aliphatic heterocycles. The molecule has 0 radical (unpaired) electrons. The van der Waals surface area contributed by atoms with Crippen LogP contribution in [0.4, 0.5) is 10.5 Å². The lowest BCUT2D eigenvalue weighted by Crippen LogP contribution is -2.44. The summed E-state index contributed by atoms with van der Waals surface area (Å²) in [5.41, 5.74) is 0.651. The van der Waals surface area contributed by atoms with Gasteiger partial charge in [0, 0.05) is 18.7 Å². The number of nitro benzene ring substituents is 1. The van der Waals surface area contributed by atoms with Crippen molar-refractivity contribution < 1.29 is 28.0 Å². The number of carbonyl (C=O) groups is 2. The number of benzene rings is 2. The lowest BCUT2D eigenvalue weighted by atomic mass is 10.2. The molecule has 0 saturated carbocycles. The van der Waals surface area contributed by atoms with Crippen LogP contribution in [0.15, 0.2) is 53.4 Å². The number of carboxylic acids is 1. The van der Waals surface area contributed by atoms with Gasteiger partial charge in [-0.25, -0.2) is 17.9 Å². The minimum absolute atomic E-state index is 0.103. The Bertz CT molecular complexity index is 1000. The third kappa shape index (κ3) is 5.27. The zero-order valence-electron chi connectivity index (χ0n) is 14.7. The van der Waals surface area contributed by atoms with Gasteiger partial charge in [-0.05, 0) is 24.1 Å². The molecule has 2 N–H and O–H groups in total. The number of non-ortho nitro benzene ring substituents is 1. The van der Waals surface area contributed by atoms with Crippen molar-refractivity contribution in [3.63, 3.8) is 0 Å². The molecule has 0 heterocycles. The highest BCUT2D eigenvalue weighted by molar-refractivity contribution is 7.90. The Labute approximate surface area is 160 Å². The molecule has 0 spiro atoms. The zero-order valence-corrected chi connectivity index (χ0v) is 15.5. The summed E-state index contributed by atoms with van der Waals surface area (Å²) in [7, 11) is -4.20. The molecule has 0 aliphatic rings. The predicted molar refractivity (Wildman–Crippen MR) is 98.0 cm³/mol. The molecule has 2 amide bonds. The summed E-state index contributed by atoms with van der Waals surface area (Å²) in [5.74, 6) is -1.34. The normalized spacial score (nSPS) is 10.9. The molecule has 2 rings (SSSR count). The van der Waals surface area contributed by atoms with Crippen molar-refractivity contribution in [2.24, 2.45) is 0 Å². The number of hydrogen-bond donors (Lipinski definition) is 2. The first kappa shape index (κ1) is 20.8. The Morgan fingerprint density at radius 1 is 1.14 bits per heavy atom. The first-order chi connectivity index (χ1) is 13.1. The topological polar surface area (TPSA) is 147 Å². The van der Waals surface area contributed by atoms with Crippen molar-refractivity contribution in [3.05, 3.63) is 69.8 Å². The number of nitrogens with zero attached hydrogens (tertiary/aromatic N) is 2. The molecule has 0 unspecified atom stereocenters. The number of nitro groups is 1. The number of urea groups is 1. The summed E-state index contributed by atoms with van der Waals surface area (Å²) < 4.78 is 26.7. The van der Waals surface area contributed by atoms with Gasteiger partial charge in [-0.2, -0.15) is 0 Å². The highest BCUT2D eigenvalue weighted by Crippen LogP contribution is 2.16. The average Bonchev–Trinajstić information content (AvgIpc) is 2.61.